The SMILES string of the molecule is CN(C)C(=O)c1cc(-n2ccnc2CN)ccn1. The third kappa shape index (κ3) is 2.23. The fraction of sp³-hybridized carbons (Fsp3) is 0.250. The number of rotatable bonds is 3. The van der Waals surface area contributed by atoms with Gasteiger partial charge in [0.15, 0.2) is 0 Å². The molecule has 6 heteroatoms. The Morgan fingerprint density at radius 2 is 2.17 bits per heavy atom. The zero-order valence-corrected chi connectivity index (χ0v) is 10.4. The Morgan fingerprint density at radius 3 is 2.83 bits per heavy atom. The lowest BCUT2D eigenvalue weighted by atomic mass is 10.3. The van der Waals surface area contributed by atoms with Crippen LogP contribution in [0.2, 0.25) is 0 Å². The van der Waals surface area contributed by atoms with Gasteiger partial charge in [-0.25, -0.2) is 4.98 Å². The van der Waals surface area contributed by atoms with Gasteiger partial charge in [0, 0.05) is 32.7 Å². The third-order valence-electron chi connectivity index (χ3n) is 2.55. The van der Waals surface area contributed by atoms with Crippen LogP contribution in [0.4, 0.5) is 0 Å². The average molecular weight is 245 g/mol. The van der Waals surface area contributed by atoms with Crippen molar-refractivity contribution in [2.75, 3.05) is 14.1 Å². The van der Waals surface area contributed by atoms with E-state index in [1.54, 1.807) is 38.8 Å². The largest absolute Gasteiger partial charge is 0.343 e. The van der Waals surface area contributed by atoms with Gasteiger partial charge in [0.25, 0.3) is 5.91 Å². The summed E-state index contributed by atoms with van der Waals surface area (Å²) in [4.78, 5) is 21.5. The van der Waals surface area contributed by atoms with Crippen molar-refractivity contribution < 1.29 is 4.79 Å². The maximum atomic E-state index is 11.8. The lowest BCUT2D eigenvalue weighted by molar-refractivity contribution is 0.0822. The van der Waals surface area contributed by atoms with Gasteiger partial charge in [-0.1, -0.05) is 0 Å². The van der Waals surface area contributed by atoms with E-state index in [9.17, 15) is 4.79 Å². The quantitative estimate of drug-likeness (QED) is 0.850. The highest BCUT2D eigenvalue weighted by Gasteiger charge is 2.11. The molecule has 2 heterocycles. The van der Waals surface area contributed by atoms with Crippen LogP contribution in [0.3, 0.4) is 0 Å². The molecule has 1 amide bonds. The number of pyridine rings is 1. The summed E-state index contributed by atoms with van der Waals surface area (Å²) in [6.07, 6.45) is 5.09. The first-order valence-corrected chi connectivity index (χ1v) is 5.54. The topological polar surface area (TPSA) is 77.0 Å². The van der Waals surface area contributed by atoms with Crippen molar-refractivity contribution in [3.63, 3.8) is 0 Å². The molecule has 0 radical (unpaired) electrons. The van der Waals surface area contributed by atoms with E-state index in [-0.39, 0.29) is 5.91 Å². The summed E-state index contributed by atoms with van der Waals surface area (Å²) in [5, 5.41) is 0. The summed E-state index contributed by atoms with van der Waals surface area (Å²) in [6.45, 7) is 0.340. The lowest BCUT2D eigenvalue weighted by Crippen LogP contribution is -2.23. The van der Waals surface area contributed by atoms with Gasteiger partial charge in [0.2, 0.25) is 0 Å². The van der Waals surface area contributed by atoms with Gasteiger partial charge in [-0.2, -0.15) is 0 Å². The van der Waals surface area contributed by atoms with Crippen molar-refractivity contribution in [1.29, 1.82) is 0 Å². The van der Waals surface area contributed by atoms with Gasteiger partial charge >= 0.3 is 0 Å². The second-order valence-corrected chi connectivity index (χ2v) is 4.02. The summed E-state index contributed by atoms with van der Waals surface area (Å²) in [6, 6.07) is 3.54. The Labute approximate surface area is 105 Å². The molecule has 0 spiro atoms. The summed E-state index contributed by atoms with van der Waals surface area (Å²) in [5.74, 6) is 0.607. The van der Waals surface area contributed by atoms with E-state index in [0.717, 1.165) is 11.5 Å². The van der Waals surface area contributed by atoms with Crippen LogP contribution in [0.5, 0.6) is 0 Å². The van der Waals surface area contributed by atoms with Crippen LogP contribution in [-0.2, 0) is 6.54 Å². The number of hydrogen-bond donors (Lipinski definition) is 1. The van der Waals surface area contributed by atoms with Crippen molar-refractivity contribution in [1.82, 2.24) is 19.4 Å². The van der Waals surface area contributed by atoms with Gasteiger partial charge in [0.05, 0.1) is 12.2 Å². The van der Waals surface area contributed by atoms with Crippen molar-refractivity contribution in [3.8, 4) is 5.69 Å². The van der Waals surface area contributed by atoms with Crippen LogP contribution < -0.4 is 5.73 Å². The monoisotopic (exact) mass is 245 g/mol. The number of amides is 1. The van der Waals surface area contributed by atoms with Gasteiger partial charge in [0.1, 0.15) is 11.5 Å². The highest BCUT2D eigenvalue weighted by molar-refractivity contribution is 5.92. The first-order chi connectivity index (χ1) is 8.63. The van der Waals surface area contributed by atoms with E-state index in [4.69, 9.17) is 5.73 Å². The Hall–Kier alpha value is -2.21. The molecule has 2 aromatic heterocycles. The zero-order valence-electron chi connectivity index (χ0n) is 10.4. The maximum absolute atomic E-state index is 11.8. The van der Waals surface area contributed by atoms with Crippen molar-refractivity contribution >= 4 is 5.91 Å². The van der Waals surface area contributed by atoms with Crippen LogP contribution in [0.1, 0.15) is 16.3 Å². The van der Waals surface area contributed by atoms with E-state index in [1.165, 1.54) is 4.90 Å². The van der Waals surface area contributed by atoms with E-state index in [0.29, 0.717) is 12.2 Å². The molecule has 0 bridgehead atoms. The molecule has 94 valence electrons. The lowest BCUT2D eigenvalue weighted by Gasteiger charge is -2.11. The Bertz CT molecular complexity index is 561. The van der Waals surface area contributed by atoms with Crippen LogP contribution in [-0.4, -0.2) is 39.4 Å². The third-order valence-corrected chi connectivity index (χ3v) is 2.55. The first kappa shape index (κ1) is 12.3. The van der Waals surface area contributed by atoms with Gasteiger partial charge in [-0.15, -0.1) is 0 Å². The predicted molar refractivity (Wildman–Crippen MR) is 67.3 cm³/mol. The van der Waals surface area contributed by atoms with Crippen molar-refractivity contribution in [2.24, 2.45) is 5.73 Å². The van der Waals surface area contributed by atoms with Crippen LogP contribution >= 0.6 is 0 Å². The Morgan fingerprint density at radius 1 is 1.39 bits per heavy atom. The molecule has 2 N–H and O–H groups in total. The molecule has 0 aliphatic carbocycles. The average Bonchev–Trinajstić information content (AvgIpc) is 2.86. The van der Waals surface area contributed by atoms with E-state index in [2.05, 4.69) is 9.97 Å². The molecule has 0 saturated carbocycles. The van der Waals surface area contributed by atoms with Crippen molar-refractivity contribution in [3.05, 3.63) is 42.2 Å². The van der Waals surface area contributed by atoms with Crippen LogP contribution in [0.25, 0.3) is 5.69 Å². The molecule has 2 rings (SSSR count). The Balaban J connectivity index is 2.42. The zero-order chi connectivity index (χ0) is 13.1. The normalized spacial score (nSPS) is 10.4. The second-order valence-electron chi connectivity index (χ2n) is 4.02. The van der Waals surface area contributed by atoms with Gasteiger partial charge in [-0.3, -0.25) is 9.78 Å². The summed E-state index contributed by atoms with van der Waals surface area (Å²) >= 11 is 0. The highest BCUT2D eigenvalue weighted by atomic mass is 16.2. The first-order valence-electron chi connectivity index (χ1n) is 5.54. The number of aromatic nitrogens is 3. The Kier molecular flexibility index (Phi) is 3.38. The minimum Gasteiger partial charge on any atom is -0.343 e. The predicted octanol–water partition coefficient (Wildman–Crippen LogP) is 0.428. The molecule has 18 heavy (non-hydrogen) atoms. The summed E-state index contributed by atoms with van der Waals surface area (Å²) in [7, 11) is 3.39. The number of nitrogens with two attached hydrogens (primary N) is 1. The van der Waals surface area contributed by atoms with E-state index in [1.807, 2.05) is 10.6 Å². The van der Waals surface area contributed by atoms with E-state index >= 15 is 0 Å². The molecule has 0 fully saturated rings. The smallest absolute Gasteiger partial charge is 0.272 e. The van der Waals surface area contributed by atoms with Crippen molar-refractivity contribution in [2.45, 2.75) is 6.54 Å². The van der Waals surface area contributed by atoms with Gasteiger partial charge < -0.3 is 15.2 Å². The molecule has 0 unspecified atom stereocenters. The molecule has 0 aliphatic heterocycles. The molecule has 0 aromatic carbocycles. The summed E-state index contributed by atoms with van der Waals surface area (Å²) < 4.78 is 1.84. The standard InChI is InChI=1S/C12H15N5O/c1-16(2)12(18)10-7-9(3-4-14-10)17-6-5-15-11(17)8-13/h3-7H,8,13H2,1-2H3. The molecule has 2 aromatic rings. The molecular formula is C12H15N5O. The minimum atomic E-state index is -0.133. The molecule has 6 nitrogen and oxygen atoms in total. The number of carbonyl (C=O) groups is 1. The molecule has 0 aliphatic rings. The minimum absolute atomic E-state index is 0.133. The number of hydrogen-bond acceptors (Lipinski definition) is 4. The maximum Gasteiger partial charge on any atom is 0.272 e. The summed E-state index contributed by atoms with van der Waals surface area (Å²) in [5.41, 5.74) is 6.83. The second kappa shape index (κ2) is 4.97. The highest BCUT2D eigenvalue weighted by Crippen LogP contribution is 2.11. The van der Waals surface area contributed by atoms with Crippen LogP contribution in [0, 0.1) is 0 Å². The van der Waals surface area contributed by atoms with Crippen LogP contribution in [0.15, 0.2) is 30.7 Å². The number of imidazole rings is 1. The fourth-order valence-corrected chi connectivity index (χ4v) is 1.64. The number of nitrogens with zero attached hydrogens (tertiary/aromatic N) is 4. The molecule has 0 atom stereocenters. The van der Waals surface area contributed by atoms with Gasteiger partial charge in [-0.05, 0) is 12.1 Å². The van der Waals surface area contributed by atoms with E-state index < -0.39 is 0 Å². The fourth-order valence-electron chi connectivity index (χ4n) is 1.64. The molecule has 0 saturated heterocycles. The molecular weight excluding hydrogens is 230 g/mol. The number of carbonyl (C=O) groups excluding carboxylic acids is 1.